The monoisotopic (exact) mass is 341 g/mol. The number of anilines is 3. The molecule has 0 atom stereocenters. The molecule has 0 saturated heterocycles. The van der Waals surface area contributed by atoms with Crippen LogP contribution in [0.5, 0.6) is 5.75 Å². The lowest BCUT2D eigenvalue weighted by Crippen LogP contribution is -2.29. The third kappa shape index (κ3) is 5.35. The maximum atomic E-state index is 12.1. The number of carbonyl (C=O) groups excluding carboxylic acids is 3. The van der Waals surface area contributed by atoms with Crippen molar-refractivity contribution in [2.75, 3.05) is 22.6 Å². The molecule has 7 heteroatoms. The number of nitrogens with one attached hydrogen (secondary N) is 3. The zero-order valence-electron chi connectivity index (χ0n) is 14.0. The summed E-state index contributed by atoms with van der Waals surface area (Å²) < 4.78 is 5.40. The second-order valence-electron chi connectivity index (χ2n) is 5.10. The first-order chi connectivity index (χ1) is 12.0. The van der Waals surface area contributed by atoms with E-state index < -0.39 is 11.8 Å². The molecule has 0 radical (unpaired) electrons. The second kappa shape index (κ2) is 8.49. The van der Waals surface area contributed by atoms with Gasteiger partial charge in [-0.2, -0.15) is 0 Å². The average Bonchev–Trinajstić information content (AvgIpc) is 2.56. The van der Waals surface area contributed by atoms with Gasteiger partial charge in [0.25, 0.3) is 0 Å². The maximum Gasteiger partial charge on any atom is 0.314 e. The van der Waals surface area contributed by atoms with Crippen molar-refractivity contribution in [3.63, 3.8) is 0 Å². The largest absolute Gasteiger partial charge is 0.492 e. The third-order valence-electron chi connectivity index (χ3n) is 3.08. The molecule has 3 amide bonds. The molecule has 0 aliphatic rings. The Morgan fingerprint density at radius 3 is 2.20 bits per heavy atom. The topological polar surface area (TPSA) is 96.5 Å². The van der Waals surface area contributed by atoms with E-state index in [-0.39, 0.29) is 5.91 Å². The molecule has 0 bridgehead atoms. The van der Waals surface area contributed by atoms with Crippen LogP contribution in [0.3, 0.4) is 0 Å². The fourth-order valence-electron chi connectivity index (χ4n) is 2.10. The Labute approximate surface area is 145 Å². The van der Waals surface area contributed by atoms with Crippen molar-refractivity contribution in [1.82, 2.24) is 0 Å². The molecular formula is C18H19N3O4. The summed E-state index contributed by atoms with van der Waals surface area (Å²) in [6.07, 6.45) is 0. The Morgan fingerprint density at radius 2 is 1.52 bits per heavy atom. The lowest BCUT2D eigenvalue weighted by atomic mass is 10.2. The molecule has 2 aromatic rings. The van der Waals surface area contributed by atoms with Crippen LogP contribution < -0.4 is 20.7 Å². The maximum absolute atomic E-state index is 12.1. The summed E-state index contributed by atoms with van der Waals surface area (Å²) in [7, 11) is 0. The highest BCUT2D eigenvalue weighted by atomic mass is 16.5. The van der Waals surface area contributed by atoms with Crippen LogP contribution in [0.15, 0.2) is 48.5 Å². The minimum atomic E-state index is -0.828. The number of hydrogen-bond donors (Lipinski definition) is 3. The SMILES string of the molecule is CCOc1ccccc1NC(=O)C(=O)Nc1cccc(NC(C)=O)c1. The molecule has 0 fully saturated rings. The Morgan fingerprint density at radius 1 is 0.880 bits per heavy atom. The van der Waals surface area contributed by atoms with Crippen molar-refractivity contribution >= 4 is 34.8 Å². The number of hydrogen-bond acceptors (Lipinski definition) is 4. The van der Waals surface area contributed by atoms with E-state index in [1.54, 1.807) is 48.5 Å². The highest BCUT2D eigenvalue weighted by Gasteiger charge is 2.16. The first kappa shape index (κ1) is 18.0. The Balaban J connectivity index is 2.04. The fourth-order valence-corrected chi connectivity index (χ4v) is 2.10. The lowest BCUT2D eigenvalue weighted by molar-refractivity contribution is -0.133. The summed E-state index contributed by atoms with van der Waals surface area (Å²) in [6, 6.07) is 13.4. The Hall–Kier alpha value is -3.35. The van der Waals surface area contributed by atoms with Gasteiger partial charge in [0.15, 0.2) is 0 Å². The van der Waals surface area contributed by atoms with Crippen molar-refractivity contribution in [3.8, 4) is 5.75 Å². The van der Waals surface area contributed by atoms with Gasteiger partial charge in [-0.25, -0.2) is 0 Å². The van der Waals surface area contributed by atoms with Gasteiger partial charge in [-0.1, -0.05) is 18.2 Å². The third-order valence-corrected chi connectivity index (χ3v) is 3.08. The number of carbonyl (C=O) groups is 3. The molecule has 0 aliphatic heterocycles. The van der Waals surface area contributed by atoms with Crippen LogP contribution >= 0.6 is 0 Å². The van der Waals surface area contributed by atoms with Gasteiger partial charge < -0.3 is 20.7 Å². The van der Waals surface area contributed by atoms with Crippen LogP contribution in [-0.4, -0.2) is 24.3 Å². The first-order valence-electron chi connectivity index (χ1n) is 7.71. The highest BCUT2D eigenvalue weighted by Crippen LogP contribution is 2.23. The summed E-state index contributed by atoms with van der Waals surface area (Å²) in [4.78, 5) is 35.2. The molecule has 0 heterocycles. The summed E-state index contributed by atoms with van der Waals surface area (Å²) in [5.41, 5.74) is 1.33. The van der Waals surface area contributed by atoms with Gasteiger partial charge in [-0.05, 0) is 37.3 Å². The zero-order valence-corrected chi connectivity index (χ0v) is 14.0. The van der Waals surface area contributed by atoms with Gasteiger partial charge in [-0.3, -0.25) is 14.4 Å². The van der Waals surface area contributed by atoms with Gasteiger partial charge in [-0.15, -0.1) is 0 Å². The minimum Gasteiger partial charge on any atom is -0.492 e. The molecule has 0 saturated carbocycles. The van der Waals surface area contributed by atoms with E-state index in [2.05, 4.69) is 16.0 Å². The minimum absolute atomic E-state index is 0.228. The normalized spacial score (nSPS) is 9.84. The van der Waals surface area contributed by atoms with Crippen LogP contribution in [-0.2, 0) is 14.4 Å². The predicted octanol–water partition coefficient (Wildman–Crippen LogP) is 2.62. The van der Waals surface area contributed by atoms with E-state index in [9.17, 15) is 14.4 Å². The van der Waals surface area contributed by atoms with E-state index in [1.807, 2.05) is 6.92 Å². The molecule has 7 nitrogen and oxygen atoms in total. The summed E-state index contributed by atoms with van der Waals surface area (Å²) >= 11 is 0. The Kier molecular flexibility index (Phi) is 6.11. The molecule has 0 aliphatic carbocycles. The van der Waals surface area contributed by atoms with Crippen molar-refractivity contribution < 1.29 is 19.1 Å². The number of amides is 3. The fraction of sp³-hybridized carbons (Fsp3) is 0.167. The van der Waals surface area contributed by atoms with E-state index in [1.165, 1.54) is 6.92 Å². The van der Waals surface area contributed by atoms with Crippen molar-refractivity contribution in [2.45, 2.75) is 13.8 Å². The van der Waals surface area contributed by atoms with Gasteiger partial charge in [0.05, 0.1) is 12.3 Å². The number of benzene rings is 2. The average molecular weight is 341 g/mol. The predicted molar refractivity (Wildman–Crippen MR) is 95.6 cm³/mol. The summed E-state index contributed by atoms with van der Waals surface area (Å²) in [5, 5.41) is 7.60. The van der Waals surface area contributed by atoms with Crippen molar-refractivity contribution in [1.29, 1.82) is 0 Å². The van der Waals surface area contributed by atoms with E-state index >= 15 is 0 Å². The standard InChI is InChI=1S/C18H19N3O4/c1-3-25-16-10-5-4-9-15(16)21-18(24)17(23)20-14-8-6-7-13(11-14)19-12(2)22/h4-11H,3H2,1-2H3,(H,19,22)(H,20,23)(H,21,24). The van der Waals surface area contributed by atoms with Crippen molar-refractivity contribution in [3.05, 3.63) is 48.5 Å². The van der Waals surface area contributed by atoms with Crippen LogP contribution in [0.2, 0.25) is 0 Å². The molecule has 130 valence electrons. The molecule has 2 rings (SSSR count). The number of para-hydroxylation sites is 2. The van der Waals surface area contributed by atoms with Gasteiger partial charge in [0, 0.05) is 18.3 Å². The lowest BCUT2D eigenvalue weighted by Gasteiger charge is -2.11. The summed E-state index contributed by atoms with van der Waals surface area (Å²) in [6.45, 7) is 3.65. The molecule has 3 N–H and O–H groups in total. The number of rotatable bonds is 5. The molecular weight excluding hydrogens is 322 g/mol. The molecule has 2 aromatic carbocycles. The van der Waals surface area contributed by atoms with Crippen LogP contribution in [0.25, 0.3) is 0 Å². The quantitative estimate of drug-likeness (QED) is 0.728. The van der Waals surface area contributed by atoms with Gasteiger partial charge >= 0.3 is 11.8 Å². The zero-order chi connectivity index (χ0) is 18.2. The van der Waals surface area contributed by atoms with E-state index in [0.29, 0.717) is 29.4 Å². The van der Waals surface area contributed by atoms with Crippen LogP contribution in [0, 0.1) is 0 Å². The van der Waals surface area contributed by atoms with Crippen molar-refractivity contribution in [2.24, 2.45) is 0 Å². The Bertz CT molecular complexity index is 789. The molecule has 25 heavy (non-hydrogen) atoms. The number of ether oxygens (including phenoxy) is 1. The molecule has 0 aromatic heterocycles. The smallest absolute Gasteiger partial charge is 0.314 e. The van der Waals surface area contributed by atoms with Crippen LogP contribution in [0.1, 0.15) is 13.8 Å². The second-order valence-corrected chi connectivity index (χ2v) is 5.10. The molecule has 0 unspecified atom stereocenters. The van der Waals surface area contributed by atoms with Crippen LogP contribution in [0.4, 0.5) is 17.1 Å². The van der Waals surface area contributed by atoms with E-state index in [4.69, 9.17) is 4.74 Å². The van der Waals surface area contributed by atoms with Gasteiger partial charge in [0.1, 0.15) is 5.75 Å². The summed E-state index contributed by atoms with van der Waals surface area (Å²) in [5.74, 6) is -1.39. The first-order valence-corrected chi connectivity index (χ1v) is 7.71. The highest BCUT2D eigenvalue weighted by molar-refractivity contribution is 6.43. The molecule has 0 spiro atoms. The van der Waals surface area contributed by atoms with E-state index in [0.717, 1.165) is 0 Å². The van der Waals surface area contributed by atoms with Gasteiger partial charge in [0.2, 0.25) is 5.91 Å².